The standard InChI is InChI=1S/C11H14ClNO2/c12-10-8(3-1-4-9(10)14)11(15)5-2-6-13-7-11/h1,3-4,13-15H,2,5-7H2. The van der Waals surface area contributed by atoms with Crippen LogP contribution in [0.25, 0.3) is 0 Å². The number of hydrogen-bond donors (Lipinski definition) is 3. The zero-order chi connectivity index (χ0) is 10.9. The van der Waals surface area contributed by atoms with Crippen molar-refractivity contribution >= 4 is 11.6 Å². The molecular weight excluding hydrogens is 214 g/mol. The van der Waals surface area contributed by atoms with Crippen LogP contribution < -0.4 is 5.32 Å². The van der Waals surface area contributed by atoms with E-state index in [9.17, 15) is 10.2 Å². The molecule has 0 bridgehead atoms. The lowest BCUT2D eigenvalue weighted by Gasteiger charge is -2.33. The van der Waals surface area contributed by atoms with Gasteiger partial charge in [0.2, 0.25) is 0 Å². The maximum absolute atomic E-state index is 10.4. The molecule has 1 aromatic rings. The SMILES string of the molecule is Oc1cccc(C2(O)CCCNC2)c1Cl. The number of phenolic OH excluding ortho intramolecular Hbond substituents is 1. The number of aromatic hydroxyl groups is 1. The number of nitrogens with one attached hydrogen (secondary N) is 1. The smallest absolute Gasteiger partial charge is 0.134 e. The lowest BCUT2D eigenvalue weighted by atomic mass is 9.86. The topological polar surface area (TPSA) is 52.5 Å². The summed E-state index contributed by atoms with van der Waals surface area (Å²) >= 11 is 5.98. The third-order valence-corrected chi connectivity index (χ3v) is 3.24. The molecule has 0 spiro atoms. The minimum absolute atomic E-state index is 0.0214. The molecule has 1 heterocycles. The van der Waals surface area contributed by atoms with Crippen molar-refractivity contribution in [3.05, 3.63) is 28.8 Å². The van der Waals surface area contributed by atoms with Gasteiger partial charge < -0.3 is 15.5 Å². The van der Waals surface area contributed by atoms with Crippen LogP contribution in [0, 0.1) is 0 Å². The molecule has 0 amide bonds. The molecule has 1 aliphatic rings. The van der Waals surface area contributed by atoms with E-state index in [1.807, 2.05) is 0 Å². The van der Waals surface area contributed by atoms with Gasteiger partial charge in [-0.05, 0) is 25.5 Å². The molecular formula is C11H14ClNO2. The Morgan fingerprint density at radius 1 is 1.40 bits per heavy atom. The Balaban J connectivity index is 2.39. The first-order valence-corrected chi connectivity index (χ1v) is 5.42. The van der Waals surface area contributed by atoms with E-state index < -0.39 is 5.60 Å². The second-order valence-corrected chi connectivity index (χ2v) is 4.33. The molecule has 82 valence electrons. The van der Waals surface area contributed by atoms with Crippen LogP contribution in [-0.2, 0) is 5.60 Å². The van der Waals surface area contributed by atoms with Crippen LogP contribution in [0.15, 0.2) is 18.2 Å². The van der Waals surface area contributed by atoms with Crippen molar-refractivity contribution in [1.29, 1.82) is 0 Å². The molecule has 0 saturated carbocycles. The lowest BCUT2D eigenvalue weighted by Crippen LogP contribution is -2.43. The molecule has 1 saturated heterocycles. The fraction of sp³-hybridized carbons (Fsp3) is 0.455. The summed E-state index contributed by atoms with van der Waals surface area (Å²) in [5, 5.41) is 23.3. The van der Waals surface area contributed by atoms with Gasteiger partial charge in [0.25, 0.3) is 0 Å². The third-order valence-electron chi connectivity index (χ3n) is 2.84. The fourth-order valence-corrected chi connectivity index (χ4v) is 2.30. The summed E-state index contributed by atoms with van der Waals surface area (Å²) in [4.78, 5) is 0. The van der Waals surface area contributed by atoms with Crippen molar-refractivity contribution in [3.63, 3.8) is 0 Å². The zero-order valence-corrected chi connectivity index (χ0v) is 9.09. The van der Waals surface area contributed by atoms with E-state index in [0.717, 1.165) is 13.0 Å². The first kappa shape index (κ1) is 10.7. The maximum Gasteiger partial charge on any atom is 0.134 e. The number of hydrogen-bond acceptors (Lipinski definition) is 3. The molecule has 1 fully saturated rings. The third kappa shape index (κ3) is 1.95. The Bertz CT molecular complexity index is 362. The van der Waals surface area contributed by atoms with Gasteiger partial charge in [-0.3, -0.25) is 0 Å². The monoisotopic (exact) mass is 227 g/mol. The number of aliphatic hydroxyl groups is 1. The average molecular weight is 228 g/mol. The second kappa shape index (κ2) is 4.00. The Labute approximate surface area is 93.7 Å². The lowest BCUT2D eigenvalue weighted by molar-refractivity contribution is 0.0122. The van der Waals surface area contributed by atoms with Crippen LogP contribution in [0.4, 0.5) is 0 Å². The fourth-order valence-electron chi connectivity index (χ4n) is 2.00. The van der Waals surface area contributed by atoms with Crippen molar-refractivity contribution < 1.29 is 10.2 Å². The van der Waals surface area contributed by atoms with E-state index in [1.165, 1.54) is 6.07 Å². The Morgan fingerprint density at radius 2 is 2.20 bits per heavy atom. The van der Waals surface area contributed by atoms with Crippen molar-refractivity contribution in [2.24, 2.45) is 0 Å². The Morgan fingerprint density at radius 3 is 2.87 bits per heavy atom. The first-order valence-electron chi connectivity index (χ1n) is 5.04. The summed E-state index contributed by atoms with van der Waals surface area (Å²) in [6.07, 6.45) is 1.58. The highest BCUT2D eigenvalue weighted by Crippen LogP contribution is 2.37. The first-order chi connectivity index (χ1) is 7.13. The zero-order valence-electron chi connectivity index (χ0n) is 8.33. The van der Waals surface area contributed by atoms with Crippen LogP contribution in [0.3, 0.4) is 0 Å². The van der Waals surface area contributed by atoms with Gasteiger partial charge in [0.05, 0.1) is 5.02 Å². The molecule has 1 unspecified atom stereocenters. The van der Waals surface area contributed by atoms with E-state index in [0.29, 0.717) is 18.5 Å². The van der Waals surface area contributed by atoms with Gasteiger partial charge in [-0.1, -0.05) is 23.7 Å². The summed E-state index contributed by atoms with van der Waals surface area (Å²) in [6, 6.07) is 4.98. The number of phenols is 1. The number of β-amino-alcohol motifs (C(OH)–C–C–N with tert-alkyl or cyclic N) is 1. The predicted octanol–water partition coefficient (Wildman–Crippen LogP) is 1.62. The Hall–Kier alpha value is -0.770. The van der Waals surface area contributed by atoms with E-state index >= 15 is 0 Å². The van der Waals surface area contributed by atoms with Crippen LogP contribution in [-0.4, -0.2) is 23.3 Å². The molecule has 0 aromatic heterocycles. The Kier molecular flexibility index (Phi) is 2.87. The number of benzene rings is 1. The van der Waals surface area contributed by atoms with Crippen molar-refractivity contribution in [2.75, 3.05) is 13.1 Å². The van der Waals surface area contributed by atoms with E-state index in [-0.39, 0.29) is 10.8 Å². The van der Waals surface area contributed by atoms with Gasteiger partial charge in [-0.15, -0.1) is 0 Å². The summed E-state index contributed by atoms with van der Waals surface area (Å²) < 4.78 is 0. The second-order valence-electron chi connectivity index (χ2n) is 3.95. The predicted molar refractivity (Wildman–Crippen MR) is 59.1 cm³/mol. The molecule has 15 heavy (non-hydrogen) atoms. The van der Waals surface area contributed by atoms with Gasteiger partial charge in [0.15, 0.2) is 0 Å². The molecule has 1 atom stereocenters. The van der Waals surface area contributed by atoms with Crippen LogP contribution in [0.2, 0.25) is 5.02 Å². The molecule has 0 aliphatic carbocycles. The molecule has 2 rings (SSSR count). The van der Waals surface area contributed by atoms with Crippen molar-refractivity contribution in [2.45, 2.75) is 18.4 Å². The highest BCUT2D eigenvalue weighted by Gasteiger charge is 2.33. The van der Waals surface area contributed by atoms with Gasteiger partial charge in [-0.25, -0.2) is 0 Å². The molecule has 0 radical (unpaired) electrons. The molecule has 1 aromatic carbocycles. The molecule has 3 N–H and O–H groups in total. The summed E-state index contributed by atoms with van der Waals surface area (Å²) in [5.74, 6) is 0.0214. The minimum Gasteiger partial charge on any atom is -0.506 e. The molecule has 1 aliphatic heterocycles. The number of rotatable bonds is 1. The number of piperidine rings is 1. The van der Waals surface area contributed by atoms with Gasteiger partial charge in [0, 0.05) is 12.1 Å². The largest absolute Gasteiger partial charge is 0.506 e. The average Bonchev–Trinajstić information content (AvgIpc) is 2.23. The quantitative estimate of drug-likeness (QED) is 0.684. The highest BCUT2D eigenvalue weighted by molar-refractivity contribution is 6.32. The molecule has 4 heteroatoms. The summed E-state index contributed by atoms with van der Waals surface area (Å²) in [5.41, 5.74) is -0.343. The van der Waals surface area contributed by atoms with Gasteiger partial charge >= 0.3 is 0 Å². The van der Waals surface area contributed by atoms with Crippen LogP contribution in [0.1, 0.15) is 18.4 Å². The van der Waals surface area contributed by atoms with E-state index in [4.69, 9.17) is 11.6 Å². The van der Waals surface area contributed by atoms with Crippen molar-refractivity contribution in [3.8, 4) is 5.75 Å². The van der Waals surface area contributed by atoms with E-state index in [2.05, 4.69) is 5.32 Å². The van der Waals surface area contributed by atoms with Crippen LogP contribution in [0.5, 0.6) is 5.75 Å². The normalized spacial score (nSPS) is 26.5. The van der Waals surface area contributed by atoms with E-state index in [1.54, 1.807) is 12.1 Å². The number of halogens is 1. The van der Waals surface area contributed by atoms with Gasteiger partial charge in [-0.2, -0.15) is 0 Å². The maximum atomic E-state index is 10.4. The summed E-state index contributed by atoms with van der Waals surface area (Å²) in [7, 11) is 0. The minimum atomic E-state index is -0.950. The van der Waals surface area contributed by atoms with Crippen molar-refractivity contribution in [1.82, 2.24) is 5.32 Å². The van der Waals surface area contributed by atoms with Gasteiger partial charge in [0.1, 0.15) is 11.4 Å². The molecule has 3 nitrogen and oxygen atoms in total. The van der Waals surface area contributed by atoms with Crippen LogP contribution >= 0.6 is 11.6 Å². The summed E-state index contributed by atoms with van der Waals surface area (Å²) in [6.45, 7) is 1.40. The highest BCUT2D eigenvalue weighted by atomic mass is 35.5.